The van der Waals surface area contributed by atoms with Crippen molar-refractivity contribution in [3.05, 3.63) is 23.8 Å². The third-order valence-electron chi connectivity index (χ3n) is 5.34. The van der Waals surface area contributed by atoms with Crippen LogP contribution in [0.5, 0.6) is 11.5 Å². The number of amides is 1. The second kappa shape index (κ2) is 7.33. The van der Waals surface area contributed by atoms with E-state index in [1.165, 1.54) is 12.8 Å². The maximum atomic E-state index is 12.8. The molecule has 1 aromatic rings. The van der Waals surface area contributed by atoms with Crippen molar-refractivity contribution in [3.63, 3.8) is 0 Å². The first kappa shape index (κ1) is 17.6. The van der Waals surface area contributed by atoms with Crippen molar-refractivity contribution in [2.45, 2.75) is 51.2 Å². The molecule has 0 spiro atoms. The zero-order valence-electron chi connectivity index (χ0n) is 14.7. The van der Waals surface area contributed by atoms with E-state index in [1.54, 1.807) is 37.1 Å². The van der Waals surface area contributed by atoms with Crippen molar-refractivity contribution in [3.8, 4) is 11.5 Å². The van der Waals surface area contributed by atoms with Crippen LogP contribution in [-0.4, -0.2) is 47.7 Å². The molecule has 2 unspecified atom stereocenters. The predicted molar refractivity (Wildman–Crippen MR) is 92.1 cm³/mol. The van der Waals surface area contributed by atoms with Gasteiger partial charge in [-0.2, -0.15) is 0 Å². The molecule has 6 heteroatoms. The van der Waals surface area contributed by atoms with Gasteiger partial charge < -0.3 is 19.5 Å². The van der Waals surface area contributed by atoms with Gasteiger partial charge >= 0.3 is 5.97 Å². The van der Waals surface area contributed by atoms with Crippen molar-refractivity contribution >= 4 is 11.9 Å². The molecule has 6 nitrogen and oxygen atoms in total. The molecule has 0 bridgehead atoms. The van der Waals surface area contributed by atoms with Crippen molar-refractivity contribution < 1.29 is 24.2 Å². The molecule has 1 saturated carbocycles. The summed E-state index contributed by atoms with van der Waals surface area (Å²) in [5.41, 5.74) is 0.494. The first-order valence-electron chi connectivity index (χ1n) is 8.89. The van der Waals surface area contributed by atoms with Crippen LogP contribution in [0.25, 0.3) is 0 Å². The van der Waals surface area contributed by atoms with Gasteiger partial charge in [0.15, 0.2) is 11.5 Å². The van der Waals surface area contributed by atoms with Gasteiger partial charge in [-0.05, 0) is 57.2 Å². The minimum Gasteiger partial charge on any atom is -0.493 e. The Morgan fingerprint density at radius 3 is 2.48 bits per heavy atom. The van der Waals surface area contributed by atoms with Gasteiger partial charge in [0.1, 0.15) is 0 Å². The molecule has 0 aromatic heterocycles. The summed E-state index contributed by atoms with van der Waals surface area (Å²) in [5.74, 6) is -0.318. The van der Waals surface area contributed by atoms with Crippen molar-refractivity contribution in [1.82, 2.24) is 4.90 Å². The molecule has 0 radical (unpaired) electrons. The van der Waals surface area contributed by atoms with E-state index in [4.69, 9.17) is 9.47 Å². The second-order valence-corrected chi connectivity index (χ2v) is 6.86. The molecular weight excluding hydrogens is 322 g/mol. The van der Waals surface area contributed by atoms with E-state index in [-0.39, 0.29) is 18.1 Å². The van der Waals surface area contributed by atoms with Crippen LogP contribution in [0, 0.1) is 5.92 Å². The van der Waals surface area contributed by atoms with Crippen LogP contribution in [0.4, 0.5) is 0 Å². The van der Waals surface area contributed by atoms with Crippen LogP contribution < -0.4 is 9.47 Å². The molecule has 1 aliphatic carbocycles. The Morgan fingerprint density at radius 1 is 1.16 bits per heavy atom. The van der Waals surface area contributed by atoms with Gasteiger partial charge in [-0.3, -0.25) is 9.59 Å². The molecular formula is C19H25NO5. The van der Waals surface area contributed by atoms with Gasteiger partial charge in [0.05, 0.1) is 19.1 Å². The third-order valence-corrected chi connectivity index (χ3v) is 5.34. The molecule has 1 heterocycles. The fourth-order valence-corrected chi connectivity index (χ4v) is 3.81. The summed E-state index contributed by atoms with van der Waals surface area (Å²) < 4.78 is 11.4. The standard InChI is InChI=1S/C19H25NO5/c1-12-15(19(22)23)9-10-20(12)18(21)13-7-8-16(17(11-13)24-2)25-14-5-3-4-6-14/h7-8,11-12,14-15H,3-6,9-10H2,1-2H3,(H,22,23). The van der Waals surface area contributed by atoms with Crippen LogP contribution in [0.3, 0.4) is 0 Å². The molecule has 1 amide bonds. The fraction of sp³-hybridized carbons (Fsp3) is 0.579. The second-order valence-electron chi connectivity index (χ2n) is 6.86. The summed E-state index contributed by atoms with van der Waals surface area (Å²) in [6.07, 6.45) is 5.16. The Hall–Kier alpha value is -2.24. The number of carbonyl (C=O) groups excluding carboxylic acids is 1. The Labute approximate surface area is 147 Å². The van der Waals surface area contributed by atoms with Crippen LogP contribution >= 0.6 is 0 Å². The number of methoxy groups -OCH3 is 1. The van der Waals surface area contributed by atoms with Crippen LogP contribution in [0.1, 0.15) is 49.4 Å². The number of hydrogen-bond donors (Lipinski definition) is 1. The van der Waals surface area contributed by atoms with E-state index >= 15 is 0 Å². The van der Waals surface area contributed by atoms with Crippen LogP contribution in [0.15, 0.2) is 18.2 Å². The molecule has 2 aliphatic rings. The average molecular weight is 347 g/mol. The lowest BCUT2D eigenvalue weighted by atomic mass is 10.0. The number of ether oxygens (including phenoxy) is 2. The number of carbonyl (C=O) groups is 2. The monoisotopic (exact) mass is 347 g/mol. The predicted octanol–water partition coefficient (Wildman–Crippen LogP) is 2.95. The summed E-state index contributed by atoms with van der Waals surface area (Å²) in [7, 11) is 1.56. The smallest absolute Gasteiger partial charge is 0.308 e. The Bertz CT molecular complexity index is 653. The van der Waals surface area contributed by atoms with Gasteiger partial charge in [-0.1, -0.05) is 0 Å². The molecule has 1 aliphatic heterocycles. The summed E-state index contributed by atoms with van der Waals surface area (Å²) in [4.78, 5) is 25.7. The highest BCUT2D eigenvalue weighted by atomic mass is 16.5. The molecule has 1 aromatic carbocycles. The van der Waals surface area contributed by atoms with E-state index in [9.17, 15) is 14.7 Å². The van der Waals surface area contributed by atoms with Gasteiger partial charge in [0, 0.05) is 18.2 Å². The molecule has 3 rings (SSSR count). The lowest BCUT2D eigenvalue weighted by Crippen LogP contribution is -2.37. The summed E-state index contributed by atoms with van der Waals surface area (Å²) >= 11 is 0. The Balaban J connectivity index is 1.76. The number of benzene rings is 1. The Kier molecular flexibility index (Phi) is 5.16. The molecule has 1 saturated heterocycles. The minimum atomic E-state index is -0.847. The molecule has 136 valence electrons. The van der Waals surface area contributed by atoms with Crippen LogP contribution in [0.2, 0.25) is 0 Å². The Morgan fingerprint density at radius 2 is 1.88 bits per heavy atom. The van der Waals surface area contributed by atoms with Gasteiger partial charge in [0.2, 0.25) is 0 Å². The number of aliphatic carboxylic acids is 1. The molecule has 2 fully saturated rings. The number of nitrogens with zero attached hydrogens (tertiary/aromatic N) is 1. The summed E-state index contributed by atoms with van der Waals surface area (Å²) in [5, 5.41) is 9.23. The fourth-order valence-electron chi connectivity index (χ4n) is 3.81. The zero-order valence-corrected chi connectivity index (χ0v) is 14.7. The van der Waals surface area contributed by atoms with E-state index in [2.05, 4.69) is 0 Å². The SMILES string of the molecule is COc1cc(C(=O)N2CCC(C(=O)O)C2C)ccc1OC1CCCC1. The first-order valence-corrected chi connectivity index (χ1v) is 8.89. The van der Waals surface area contributed by atoms with Crippen molar-refractivity contribution in [1.29, 1.82) is 0 Å². The lowest BCUT2D eigenvalue weighted by Gasteiger charge is -2.24. The third kappa shape index (κ3) is 3.57. The minimum absolute atomic E-state index is 0.165. The van der Waals surface area contributed by atoms with E-state index in [0.717, 1.165) is 12.8 Å². The van der Waals surface area contributed by atoms with Gasteiger partial charge in [-0.25, -0.2) is 0 Å². The summed E-state index contributed by atoms with van der Waals surface area (Å²) in [6.45, 7) is 2.25. The number of carboxylic acid groups (broad SMARTS) is 1. The van der Waals surface area contributed by atoms with E-state index < -0.39 is 11.9 Å². The number of carboxylic acids is 1. The topological polar surface area (TPSA) is 76.1 Å². The van der Waals surface area contributed by atoms with Crippen molar-refractivity contribution in [2.24, 2.45) is 5.92 Å². The average Bonchev–Trinajstić information content (AvgIpc) is 3.24. The number of hydrogen-bond acceptors (Lipinski definition) is 4. The number of likely N-dealkylation sites (tertiary alicyclic amines) is 1. The first-order chi connectivity index (χ1) is 12.0. The van der Waals surface area contributed by atoms with Crippen LogP contribution in [-0.2, 0) is 4.79 Å². The summed E-state index contributed by atoms with van der Waals surface area (Å²) in [6, 6.07) is 4.88. The van der Waals surface area contributed by atoms with E-state index in [1.807, 2.05) is 0 Å². The maximum Gasteiger partial charge on any atom is 0.308 e. The van der Waals surface area contributed by atoms with Gasteiger partial charge in [-0.15, -0.1) is 0 Å². The van der Waals surface area contributed by atoms with E-state index in [0.29, 0.717) is 30.0 Å². The highest BCUT2D eigenvalue weighted by Crippen LogP contribution is 2.33. The molecule has 25 heavy (non-hydrogen) atoms. The normalized spacial score (nSPS) is 23.7. The highest BCUT2D eigenvalue weighted by molar-refractivity contribution is 5.95. The lowest BCUT2D eigenvalue weighted by molar-refractivity contribution is -0.142. The largest absolute Gasteiger partial charge is 0.493 e. The molecule has 1 N–H and O–H groups in total. The molecule has 2 atom stereocenters. The quantitative estimate of drug-likeness (QED) is 0.886. The zero-order chi connectivity index (χ0) is 18.0. The maximum absolute atomic E-state index is 12.8. The van der Waals surface area contributed by atoms with Gasteiger partial charge in [0.25, 0.3) is 5.91 Å². The highest BCUT2D eigenvalue weighted by Gasteiger charge is 2.38. The van der Waals surface area contributed by atoms with Crippen molar-refractivity contribution in [2.75, 3.05) is 13.7 Å². The number of rotatable bonds is 5.